The van der Waals surface area contributed by atoms with Crippen molar-refractivity contribution >= 4 is 5.97 Å². The molecule has 1 atom stereocenters. The van der Waals surface area contributed by atoms with Crippen molar-refractivity contribution in [3.63, 3.8) is 0 Å². The summed E-state index contributed by atoms with van der Waals surface area (Å²) < 4.78 is 50.8. The van der Waals surface area contributed by atoms with Gasteiger partial charge in [0.2, 0.25) is 0 Å². The number of nitrogens with one attached hydrogen (secondary N) is 1. The quantitative estimate of drug-likeness (QED) is 0.815. The van der Waals surface area contributed by atoms with E-state index in [0.717, 1.165) is 6.07 Å². The summed E-state index contributed by atoms with van der Waals surface area (Å²) in [4.78, 5) is 10.7. The lowest BCUT2D eigenvalue weighted by Crippen LogP contribution is -2.24. The maximum Gasteiger partial charge on any atom is 0.419 e. The van der Waals surface area contributed by atoms with Crippen LogP contribution in [0.15, 0.2) is 18.2 Å². The number of carbonyl (C=O) groups is 1. The van der Waals surface area contributed by atoms with E-state index in [2.05, 4.69) is 5.32 Å². The second kappa shape index (κ2) is 6.01. The standard InChI is InChI=1S/C12H13F4NO2/c1-2-17-10(6-11(18)19)7-3-4-9(13)8(5-7)12(14,15)16/h3-5,10,17H,2,6H2,1H3,(H,18,19). The van der Waals surface area contributed by atoms with Gasteiger partial charge in [-0.15, -0.1) is 0 Å². The van der Waals surface area contributed by atoms with Gasteiger partial charge >= 0.3 is 12.1 Å². The Kier molecular flexibility index (Phi) is 4.88. The summed E-state index contributed by atoms with van der Waals surface area (Å²) in [5.41, 5.74) is -1.30. The summed E-state index contributed by atoms with van der Waals surface area (Å²) in [5, 5.41) is 11.5. The number of aliphatic carboxylic acids is 1. The van der Waals surface area contributed by atoms with Crippen LogP contribution >= 0.6 is 0 Å². The van der Waals surface area contributed by atoms with E-state index in [9.17, 15) is 22.4 Å². The van der Waals surface area contributed by atoms with Gasteiger partial charge in [-0.3, -0.25) is 4.79 Å². The summed E-state index contributed by atoms with van der Waals surface area (Å²) in [6.45, 7) is 2.08. The Balaban J connectivity index is 3.14. The average Bonchev–Trinajstić information content (AvgIpc) is 2.27. The van der Waals surface area contributed by atoms with Crippen LogP contribution in [0.25, 0.3) is 0 Å². The second-order valence-electron chi connectivity index (χ2n) is 3.95. The van der Waals surface area contributed by atoms with Gasteiger partial charge in [0.05, 0.1) is 12.0 Å². The van der Waals surface area contributed by atoms with Crippen LogP contribution in [0, 0.1) is 5.82 Å². The predicted molar refractivity (Wildman–Crippen MR) is 60.1 cm³/mol. The van der Waals surface area contributed by atoms with Crippen molar-refractivity contribution in [1.82, 2.24) is 5.32 Å². The fraction of sp³-hybridized carbons (Fsp3) is 0.417. The van der Waals surface area contributed by atoms with E-state index in [1.807, 2.05) is 0 Å². The van der Waals surface area contributed by atoms with Crippen molar-refractivity contribution in [1.29, 1.82) is 0 Å². The molecule has 0 aromatic heterocycles. The highest BCUT2D eigenvalue weighted by Crippen LogP contribution is 2.33. The first-order chi connectivity index (χ1) is 8.75. The minimum Gasteiger partial charge on any atom is -0.481 e. The van der Waals surface area contributed by atoms with Crippen molar-refractivity contribution < 1.29 is 27.5 Å². The Bertz CT molecular complexity index is 460. The number of benzene rings is 1. The minimum absolute atomic E-state index is 0.0953. The van der Waals surface area contributed by atoms with Gasteiger partial charge in [-0.25, -0.2) is 4.39 Å². The molecule has 19 heavy (non-hydrogen) atoms. The van der Waals surface area contributed by atoms with E-state index in [0.29, 0.717) is 18.7 Å². The monoisotopic (exact) mass is 279 g/mol. The summed E-state index contributed by atoms with van der Waals surface area (Å²) in [6, 6.07) is 1.71. The highest BCUT2D eigenvalue weighted by Gasteiger charge is 2.34. The van der Waals surface area contributed by atoms with Gasteiger partial charge in [-0.05, 0) is 24.2 Å². The molecule has 0 aliphatic heterocycles. The summed E-state index contributed by atoms with van der Waals surface area (Å²) in [5.74, 6) is -2.52. The van der Waals surface area contributed by atoms with Gasteiger partial charge in [0.25, 0.3) is 0 Å². The Morgan fingerprint density at radius 1 is 1.42 bits per heavy atom. The fourth-order valence-corrected chi connectivity index (χ4v) is 1.71. The van der Waals surface area contributed by atoms with Crippen molar-refractivity contribution in [2.24, 2.45) is 0 Å². The van der Waals surface area contributed by atoms with Crippen molar-refractivity contribution in [3.8, 4) is 0 Å². The van der Waals surface area contributed by atoms with Crippen LogP contribution in [-0.2, 0) is 11.0 Å². The maximum absolute atomic E-state index is 13.1. The molecule has 1 unspecified atom stereocenters. The van der Waals surface area contributed by atoms with E-state index in [-0.39, 0.29) is 12.0 Å². The molecule has 0 spiro atoms. The average molecular weight is 279 g/mol. The molecule has 0 bridgehead atoms. The predicted octanol–water partition coefficient (Wildman–Crippen LogP) is 2.97. The van der Waals surface area contributed by atoms with Crippen LogP contribution in [0.1, 0.15) is 30.5 Å². The fourth-order valence-electron chi connectivity index (χ4n) is 1.71. The molecule has 1 rings (SSSR count). The first-order valence-corrected chi connectivity index (χ1v) is 5.57. The largest absolute Gasteiger partial charge is 0.481 e. The number of hydrogen-bond acceptors (Lipinski definition) is 2. The molecule has 0 heterocycles. The second-order valence-corrected chi connectivity index (χ2v) is 3.95. The number of carboxylic acids is 1. The number of rotatable bonds is 5. The van der Waals surface area contributed by atoms with E-state index >= 15 is 0 Å². The van der Waals surface area contributed by atoms with E-state index in [4.69, 9.17) is 5.11 Å². The highest BCUT2D eigenvalue weighted by molar-refractivity contribution is 5.68. The molecule has 0 fully saturated rings. The van der Waals surface area contributed by atoms with E-state index in [1.54, 1.807) is 6.92 Å². The lowest BCUT2D eigenvalue weighted by molar-refractivity contribution is -0.140. The van der Waals surface area contributed by atoms with Crippen molar-refractivity contribution in [2.75, 3.05) is 6.54 Å². The molecule has 1 aromatic carbocycles. The Morgan fingerprint density at radius 3 is 2.53 bits per heavy atom. The molecular weight excluding hydrogens is 266 g/mol. The zero-order valence-electron chi connectivity index (χ0n) is 10.1. The molecular formula is C12H13F4NO2. The van der Waals surface area contributed by atoms with Crippen LogP contribution in [0.5, 0.6) is 0 Å². The van der Waals surface area contributed by atoms with Crippen LogP contribution in [0.4, 0.5) is 17.6 Å². The molecule has 0 saturated carbocycles. The van der Waals surface area contributed by atoms with Crippen molar-refractivity contribution in [2.45, 2.75) is 25.6 Å². The molecule has 0 aliphatic carbocycles. The van der Waals surface area contributed by atoms with Gasteiger partial charge in [-0.1, -0.05) is 13.0 Å². The number of hydrogen-bond donors (Lipinski definition) is 2. The zero-order chi connectivity index (χ0) is 14.6. The van der Waals surface area contributed by atoms with Crippen LogP contribution in [0.2, 0.25) is 0 Å². The third-order valence-corrected chi connectivity index (χ3v) is 2.53. The molecule has 0 saturated heterocycles. The molecule has 1 aromatic rings. The van der Waals surface area contributed by atoms with Crippen molar-refractivity contribution in [3.05, 3.63) is 35.1 Å². The van der Waals surface area contributed by atoms with Gasteiger partial charge in [0.1, 0.15) is 5.82 Å². The number of alkyl halides is 3. The van der Waals surface area contributed by atoms with E-state index in [1.165, 1.54) is 0 Å². The first-order valence-electron chi connectivity index (χ1n) is 5.57. The number of halogens is 4. The topological polar surface area (TPSA) is 49.3 Å². The Hall–Kier alpha value is -1.63. The summed E-state index contributed by atoms with van der Waals surface area (Å²) in [7, 11) is 0. The minimum atomic E-state index is -4.81. The van der Waals surface area contributed by atoms with Gasteiger partial charge in [0.15, 0.2) is 0 Å². The molecule has 3 nitrogen and oxygen atoms in total. The van der Waals surface area contributed by atoms with Gasteiger partial charge < -0.3 is 10.4 Å². The van der Waals surface area contributed by atoms with Crippen LogP contribution < -0.4 is 5.32 Å². The molecule has 0 amide bonds. The lowest BCUT2D eigenvalue weighted by atomic mass is 10.0. The normalized spacial score (nSPS) is 13.3. The smallest absolute Gasteiger partial charge is 0.419 e. The Labute approximate surface area is 107 Å². The number of carboxylic acid groups (broad SMARTS) is 1. The van der Waals surface area contributed by atoms with Gasteiger partial charge in [0, 0.05) is 6.04 Å². The van der Waals surface area contributed by atoms with E-state index < -0.39 is 29.6 Å². The molecule has 7 heteroatoms. The summed E-state index contributed by atoms with van der Waals surface area (Å²) >= 11 is 0. The third kappa shape index (κ3) is 4.20. The highest BCUT2D eigenvalue weighted by atomic mass is 19.4. The van der Waals surface area contributed by atoms with Crippen LogP contribution in [-0.4, -0.2) is 17.6 Å². The van der Waals surface area contributed by atoms with Gasteiger partial charge in [-0.2, -0.15) is 13.2 Å². The maximum atomic E-state index is 13.1. The zero-order valence-corrected chi connectivity index (χ0v) is 10.1. The SMILES string of the molecule is CCNC(CC(=O)O)c1ccc(F)c(C(F)(F)F)c1. The summed E-state index contributed by atoms with van der Waals surface area (Å²) in [6.07, 6.45) is -5.18. The first kappa shape index (κ1) is 15.4. The van der Waals surface area contributed by atoms with Crippen LogP contribution in [0.3, 0.4) is 0 Å². The Morgan fingerprint density at radius 2 is 2.05 bits per heavy atom. The molecule has 2 N–H and O–H groups in total. The lowest BCUT2D eigenvalue weighted by Gasteiger charge is -2.18. The molecule has 106 valence electrons. The molecule has 0 aliphatic rings. The molecule has 0 radical (unpaired) electrons. The third-order valence-electron chi connectivity index (χ3n) is 2.53.